The first-order chi connectivity index (χ1) is 9.25. The minimum absolute atomic E-state index is 0.417. The highest BCUT2D eigenvalue weighted by Crippen LogP contribution is 2.24. The fourth-order valence-corrected chi connectivity index (χ4v) is 2.54. The van der Waals surface area contributed by atoms with E-state index >= 15 is 0 Å². The first-order valence-electron chi connectivity index (χ1n) is 5.58. The van der Waals surface area contributed by atoms with Gasteiger partial charge in [0.05, 0.1) is 10.6 Å². The Hall–Kier alpha value is -2.47. The van der Waals surface area contributed by atoms with Crippen LogP contribution >= 0.6 is 11.3 Å². The summed E-state index contributed by atoms with van der Waals surface area (Å²) in [6, 6.07) is 5.55. The van der Waals surface area contributed by atoms with Gasteiger partial charge in [-0.2, -0.15) is 0 Å². The number of primary amides is 1. The van der Waals surface area contributed by atoms with Crippen molar-refractivity contribution in [3.8, 4) is 17.1 Å². The Bertz CT molecular complexity index is 717. The van der Waals surface area contributed by atoms with Crippen LogP contribution in [-0.4, -0.2) is 20.4 Å². The summed E-state index contributed by atoms with van der Waals surface area (Å²) < 4.78 is 1.90. The number of hydrogen-bond acceptors (Lipinski definition) is 4. The fourth-order valence-electron chi connectivity index (χ4n) is 1.80. The molecule has 94 valence electrons. The van der Waals surface area contributed by atoms with Crippen LogP contribution in [0.2, 0.25) is 0 Å². The van der Waals surface area contributed by atoms with Gasteiger partial charge >= 0.3 is 0 Å². The highest BCUT2D eigenvalue weighted by molar-refractivity contribution is 7.12. The number of aromatic nitrogens is 3. The summed E-state index contributed by atoms with van der Waals surface area (Å²) in [5.74, 6) is 0.362. The number of rotatable bonds is 3. The predicted octanol–water partition coefficient (Wildman–Crippen LogP) is 2.09. The van der Waals surface area contributed by atoms with Gasteiger partial charge in [0.1, 0.15) is 5.82 Å². The minimum Gasteiger partial charge on any atom is -0.365 e. The standard InChI is InChI=1S/C13H10N4OS/c14-12(18)11-6-10(8-19-11)17-5-4-16-13(17)9-2-1-3-15-7-9/h1-8H,(H2,14,18). The molecule has 3 heterocycles. The summed E-state index contributed by atoms with van der Waals surface area (Å²) in [5.41, 5.74) is 7.05. The number of thiophene rings is 1. The zero-order chi connectivity index (χ0) is 13.2. The molecule has 0 fully saturated rings. The molecule has 0 unspecified atom stereocenters. The molecular weight excluding hydrogens is 260 g/mol. The van der Waals surface area contributed by atoms with E-state index in [0.717, 1.165) is 17.1 Å². The molecular formula is C13H10N4OS. The molecule has 0 bridgehead atoms. The lowest BCUT2D eigenvalue weighted by molar-refractivity contribution is 0.100. The largest absolute Gasteiger partial charge is 0.365 e. The summed E-state index contributed by atoms with van der Waals surface area (Å²) in [5, 5.41) is 1.88. The SMILES string of the molecule is NC(=O)c1cc(-n2ccnc2-c2cccnc2)cs1. The maximum absolute atomic E-state index is 11.1. The molecule has 0 aromatic carbocycles. The van der Waals surface area contributed by atoms with Crippen molar-refractivity contribution in [3.05, 3.63) is 53.2 Å². The van der Waals surface area contributed by atoms with E-state index in [1.807, 2.05) is 28.3 Å². The number of nitrogens with zero attached hydrogens (tertiary/aromatic N) is 3. The lowest BCUT2D eigenvalue weighted by Gasteiger charge is -2.04. The van der Waals surface area contributed by atoms with Crippen molar-refractivity contribution in [1.82, 2.24) is 14.5 Å². The fraction of sp³-hybridized carbons (Fsp3) is 0. The third-order valence-corrected chi connectivity index (χ3v) is 3.60. The zero-order valence-electron chi connectivity index (χ0n) is 9.85. The highest BCUT2D eigenvalue weighted by Gasteiger charge is 2.11. The number of carbonyl (C=O) groups excluding carboxylic acids is 1. The molecule has 3 aromatic rings. The molecule has 0 saturated heterocycles. The van der Waals surface area contributed by atoms with E-state index < -0.39 is 5.91 Å². The van der Waals surface area contributed by atoms with Crippen molar-refractivity contribution in [2.75, 3.05) is 0 Å². The molecule has 0 spiro atoms. The van der Waals surface area contributed by atoms with Gasteiger partial charge in [-0.05, 0) is 18.2 Å². The molecule has 19 heavy (non-hydrogen) atoms. The van der Waals surface area contributed by atoms with Gasteiger partial charge in [0, 0.05) is 35.7 Å². The van der Waals surface area contributed by atoms with Crippen LogP contribution in [0.3, 0.4) is 0 Å². The number of carbonyl (C=O) groups is 1. The lowest BCUT2D eigenvalue weighted by atomic mass is 10.2. The lowest BCUT2D eigenvalue weighted by Crippen LogP contribution is -2.08. The second kappa shape index (κ2) is 4.66. The maximum atomic E-state index is 11.1. The van der Waals surface area contributed by atoms with Crippen molar-refractivity contribution in [2.24, 2.45) is 5.73 Å². The van der Waals surface area contributed by atoms with Gasteiger partial charge in [-0.15, -0.1) is 11.3 Å². The van der Waals surface area contributed by atoms with Gasteiger partial charge in [0.25, 0.3) is 5.91 Å². The summed E-state index contributed by atoms with van der Waals surface area (Å²) in [6.07, 6.45) is 7.02. The molecule has 1 amide bonds. The Labute approximate surface area is 113 Å². The van der Waals surface area contributed by atoms with Crippen molar-refractivity contribution >= 4 is 17.2 Å². The maximum Gasteiger partial charge on any atom is 0.258 e. The van der Waals surface area contributed by atoms with Crippen molar-refractivity contribution < 1.29 is 4.79 Å². The molecule has 2 N–H and O–H groups in total. The highest BCUT2D eigenvalue weighted by atomic mass is 32.1. The van der Waals surface area contributed by atoms with Crippen LogP contribution in [0.5, 0.6) is 0 Å². The number of amides is 1. The zero-order valence-corrected chi connectivity index (χ0v) is 10.7. The summed E-state index contributed by atoms with van der Waals surface area (Å²) >= 11 is 1.32. The van der Waals surface area contributed by atoms with Crippen molar-refractivity contribution in [1.29, 1.82) is 0 Å². The first-order valence-corrected chi connectivity index (χ1v) is 6.46. The summed E-state index contributed by atoms with van der Waals surface area (Å²) in [4.78, 5) is 20.1. The first kappa shape index (κ1) is 11.6. The predicted molar refractivity (Wildman–Crippen MR) is 73.2 cm³/mol. The Balaban J connectivity index is 2.07. The van der Waals surface area contributed by atoms with Crippen LogP contribution in [0.4, 0.5) is 0 Å². The third-order valence-electron chi connectivity index (χ3n) is 2.67. The van der Waals surface area contributed by atoms with E-state index in [9.17, 15) is 4.79 Å². The van der Waals surface area contributed by atoms with Crippen LogP contribution in [0, 0.1) is 0 Å². The second-order valence-electron chi connectivity index (χ2n) is 3.90. The molecule has 3 rings (SSSR count). The average molecular weight is 270 g/mol. The molecule has 0 aliphatic rings. The van der Waals surface area contributed by atoms with Crippen molar-refractivity contribution in [3.63, 3.8) is 0 Å². The minimum atomic E-state index is -0.417. The normalized spacial score (nSPS) is 10.5. The number of nitrogens with two attached hydrogens (primary N) is 1. The Morgan fingerprint density at radius 3 is 2.95 bits per heavy atom. The quantitative estimate of drug-likeness (QED) is 0.792. The van der Waals surface area contributed by atoms with E-state index in [2.05, 4.69) is 9.97 Å². The molecule has 6 heteroatoms. The van der Waals surface area contributed by atoms with E-state index in [1.165, 1.54) is 11.3 Å². The number of imidazole rings is 1. The van der Waals surface area contributed by atoms with Gasteiger partial charge in [-0.3, -0.25) is 14.3 Å². The van der Waals surface area contributed by atoms with Gasteiger partial charge < -0.3 is 5.73 Å². The Morgan fingerprint density at radius 2 is 2.26 bits per heavy atom. The second-order valence-corrected chi connectivity index (χ2v) is 4.81. The smallest absolute Gasteiger partial charge is 0.258 e. The Kier molecular flexibility index (Phi) is 2.85. The van der Waals surface area contributed by atoms with E-state index in [1.54, 1.807) is 24.7 Å². The van der Waals surface area contributed by atoms with Crippen LogP contribution in [0.25, 0.3) is 17.1 Å². The van der Waals surface area contributed by atoms with Gasteiger partial charge in [-0.1, -0.05) is 0 Å². The van der Waals surface area contributed by atoms with Crippen LogP contribution in [-0.2, 0) is 0 Å². The Morgan fingerprint density at radius 1 is 1.37 bits per heavy atom. The average Bonchev–Trinajstić information content (AvgIpc) is 3.08. The molecule has 0 atom stereocenters. The van der Waals surface area contributed by atoms with E-state index in [4.69, 9.17) is 5.73 Å². The number of hydrogen-bond donors (Lipinski definition) is 1. The molecule has 0 saturated carbocycles. The van der Waals surface area contributed by atoms with Crippen LogP contribution < -0.4 is 5.73 Å². The molecule has 0 aliphatic heterocycles. The number of pyridine rings is 1. The molecule has 3 aromatic heterocycles. The monoisotopic (exact) mass is 270 g/mol. The topological polar surface area (TPSA) is 73.8 Å². The van der Waals surface area contributed by atoms with Gasteiger partial charge in [-0.25, -0.2) is 4.98 Å². The summed E-state index contributed by atoms with van der Waals surface area (Å²) in [6.45, 7) is 0. The van der Waals surface area contributed by atoms with E-state index in [0.29, 0.717) is 4.88 Å². The van der Waals surface area contributed by atoms with Crippen molar-refractivity contribution in [2.45, 2.75) is 0 Å². The molecule has 5 nitrogen and oxygen atoms in total. The molecule has 0 radical (unpaired) electrons. The van der Waals surface area contributed by atoms with Crippen LogP contribution in [0.1, 0.15) is 9.67 Å². The molecule has 0 aliphatic carbocycles. The van der Waals surface area contributed by atoms with Gasteiger partial charge in [0.15, 0.2) is 0 Å². The third kappa shape index (κ3) is 2.13. The van der Waals surface area contributed by atoms with Gasteiger partial charge in [0.2, 0.25) is 0 Å². The van der Waals surface area contributed by atoms with E-state index in [-0.39, 0.29) is 0 Å². The van der Waals surface area contributed by atoms with Crippen LogP contribution in [0.15, 0.2) is 48.4 Å². The summed E-state index contributed by atoms with van der Waals surface area (Å²) in [7, 11) is 0.